The number of benzene rings is 2. The fraction of sp³-hybridized carbons (Fsp3) is 0.444. The highest BCUT2D eigenvalue weighted by Crippen LogP contribution is 2.33. The Morgan fingerprint density at radius 2 is 1.53 bits per heavy atom. The molecule has 0 N–H and O–H groups in total. The van der Waals surface area contributed by atoms with Crippen molar-refractivity contribution in [1.29, 1.82) is 0 Å². The van der Waals surface area contributed by atoms with Gasteiger partial charge in [0, 0.05) is 11.5 Å². The van der Waals surface area contributed by atoms with Crippen LogP contribution in [0.5, 0.6) is 5.75 Å². The summed E-state index contributed by atoms with van der Waals surface area (Å²) in [6.45, 7) is 15.0. The van der Waals surface area contributed by atoms with Crippen LogP contribution in [0.25, 0.3) is 22.1 Å². The molecule has 1 heterocycles. The zero-order chi connectivity index (χ0) is 22.1. The van der Waals surface area contributed by atoms with Gasteiger partial charge in [-0.3, -0.25) is 0 Å². The number of ether oxygens (including phenoxy) is 1. The van der Waals surface area contributed by atoms with Crippen LogP contribution in [-0.4, -0.2) is 5.60 Å². The molecule has 0 aliphatic heterocycles. The highest BCUT2D eigenvalue weighted by atomic mass is 16.5. The molecule has 0 saturated heterocycles. The van der Waals surface area contributed by atoms with Crippen molar-refractivity contribution in [1.82, 2.24) is 0 Å². The lowest BCUT2D eigenvalue weighted by Crippen LogP contribution is -2.33. The second-order valence-corrected chi connectivity index (χ2v) is 9.90. The third-order valence-electron chi connectivity index (χ3n) is 5.33. The first kappa shape index (κ1) is 22.1. The molecule has 0 spiro atoms. The van der Waals surface area contributed by atoms with Crippen molar-refractivity contribution < 1.29 is 9.15 Å². The van der Waals surface area contributed by atoms with E-state index < -0.39 is 0 Å². The predicted molar refractivity (Wildman–Crippen MR) is 125 cm³/mol. The molecule has 160 valence electrons. The lowest BCUT2D eigenvalue weighted by Gasteiger charge is -2.33. The van der Waals surface area contributed by atoms with Gasteiger partial charge >= 0.3 is 5.63 Å². The second kappa shape index (κ2) is 8.29. The summed E-state index contributed by atoms with van der Waals surface area (Å²) >= 11 is 0. The van der Waals surface area contributed by atoms with Gasteiger partial charge in [-0.2, -0.15) is 0 Å². The number of aryl methyl sites for hydroxylation is 2. The third kappa shape index (κ3) is 4.95. The van der Waals surface area contributed by atoms with Crippen molar-refractivity contribution in [3.8, 4) is 16.9 Å². The van der Waals surface area contributed by atoms with E-state index in [0.29, 0.717) is 11.1 Å². The largest absolute Gasteiger partial charge is 0.488 e. The minimum absolute atomic E-state index is 0.158. The van der Waals surface area contributed by atoms with Crippen LogP contribution < -0.4 is 10.4 Å². The topological polar surface area (TPSA) is 39.4 Å². The quantitative estimate of drug-likeness (QED) is 0.407. The average molecular weight is 407 g/mol. The van der Waals surface area contributed by atoms with E-state index in [1.807, 2.05) is 24.3 Å². The molecule has 3 rings (SSSR count). The van der Waals surface area contributed by atoms with Gasteiger partial charge < -0.3 is 9.15 Å². The summed E-state index contributed by atoms with van der Waals surface area (Å²) in [6, 6.07) is 14.0. The lowest BCUT2D eigenvalue weighted by atomic mass is 9.83. The Kier molecular flexibility index (Phi) is 6.12. The van der Waals surface area contributed by atoms with Gasteiger partial charge in [-0.15, -0.1) is 0 Å². The van der Waals surface area contributed by atoms with Crippen LogP contribution in [0.2, 0.25) is 0 Å². The van der Waals surface area contributed by atoms with Crippen LogP contribution in [0.1, 0.15) is 66.0 Å². The van der Waals surface area contributed by atoms with Gasteiger partial charge in [0.1, 0.15) is 16.9 Å². The molecule has 0 radical (unpaired) electrons. The molecule has 0 unspecified atom stereocenters. The van der Waals surface area contributed by atoms with Crippen molar-refractivity contribution >= 4 is 11.0 Å². The van der Waals surface area contributed by atoms with E-state index in [1.54, 1.807) is 0 Å². The molecule has 3 heteroatoms. The molecule has 0 amide bonds. The van der Waals surface area contributed by atoms with E-state index in [-0.39, 0.29) is 16.6 Å². The Morgan fingerprint density at radius 1 is 0.900 bits per heavy atom. The number of rotatable bonds is 6. The lowest BCUT2D eigenvalue weighted by molar-refractivity contribution is 0.0622. The Labute approximate surface area is 180 Å². The van der Waals surface area contributed by atoms with E-state index in [4.69, 9.17) is 9.15 Å². The van der Waals surface area contributed by atoms with Crippen LogP contribution >= 0.6 is 0 Å². The minimum Gasteiger partial charge on any atom is -0.488 e. The second-order valence-electron chi connectivity index (χ2n) is 9.90. The van der Waals surface area contributed by atoms with Crippen LogP contribution in [-0.2, 0) is 12.8 Å². The summed E-state index contributed by atoms with van der Waals surface area (Å²) in [5.74, 6) is 0.718. The first-order valence-electron chi connectivity index (χ1n) is 10.9. The van der Waals surface area contributed by atoms with Crippen LogP contribution in [0.15, 0.2) is 51.7 Å². The third-order valence-corrected chi connectivity index (χ3v) is 5.33. The summed E-state index contributed by atoms with van der Waals surface area (Å²) in [5.41, 5.74) is 4.09. The number of hydrogen-bond donors (Lipinski definition) is 0. The molecule has 1 aromatic heterocycles. The zero-order valence-electron chi connectivity index (χ0n) is 19.4. The van der Waals surface area contributed by atoms with Gasteiger partial charge in [-0.25, -0.2) is 4.79 Å². The first-order valence-corrected chi connectivity index (χ1v) is 10.9. The van der Waals surface area contributed by atoms with E-state index in [1.165, 1.54) is 11.1 Å². The number of fused-ring (bicyclic) bond motifs is 1. The molecule has 0 aliphatic carbocycles. The summed E-state index contributed by atoms with van der Waals surface area (Å²) in [6.07, 6.45) is 2.65. The Hall–Kier alpha value is -2.55. The summed E-state index contributed by atoms with van der Waals surface area (Å²) < 4.78 is 12.0. The van der Waals surface area contributed by atoms with Crippen LogP contribution in [0, 0.1) is 5.41 Å². The van der Waals surface area contributed by atoms with Gasteiger partial charge in [-0.05, 0) is 73.4 Å². The fourth-order valence-electron chi connectivity index (χ4n) is 4.55. The molecule has 30 heavy (non-hydrogen) atoms. The van der Waals surface area contributed by atoms with Gasteiger partial charge in [-0.1, -0.05) is 52.8 Å². The molecule has 2 aromatic carbocycles. The SMILES string of the molecule is CCc1cccc(CC)c1-c1cc2ccc(OC(C)(C)CC(C)(C)C)cc2oc1=O. The highest BCUT2D eigenvalue weighted by Gasteiger charge is 2.27. The molecule has 0 atom stereocenters. The van der Waals surface area contributed by atoms with E-state index in [2.05, 4.69) is 66.7 Å². The normalized spacial score (nSPS) is 12.4. The minimum atomic E-state index is -0.317. The maximum atomic E-state index is 12.9. The molecule has 3 nitrogen and oxygen atoms in total. The Balaban J connectivity index is 2.04. The van der Waals surface area contributed by atoms with Gasteiger partial charge in [0.25, 0.3) is 0 Å². The predicted octanol–water partition coefficient (Wildman–Crippen LogP) is 7.18. The van der Waals surface area contributed by atoms with Gasteiger partial charge in [0.15, 0.2) is 0 Å². The molecule has 3 aromatic rings. The maximum absolute atomic E-state index is 12.9. The smallest absolute Gasteiger partial charge is 0.344 e. The molecular formula is C27H34O3. The average Bonchev–Trinajstić information content (AvgIpc) is 2.64. The van der Waals surface area contributed by atoms with E-state index in [9.17, 15) is 4.79 Å². The van der Waals surface area contributed by atoms with Crippen molar-refractivity contribution in [2.24, 2.45) is 5.41 Å². The summed E-state index contributed by atoms with van der Waals surface area (Å²) in [7, 11) is 0. The van der Waals surface area contributed by atoms with Crippen molar-refractivity contribution in [2.45, 2.75) is 73.3 Å². The first-order chi connectivity index (χ1) is 14.0. The molecule has 0 aliphatic rings. The van der Waals surface area contributed by atoms with Crippen LogP contribution in [0.4, 0.5) is 0 Å². The molecule has 0 fully saturated rings. The van der Waals surface area contributed by atoms with E-state index >= 15 is 0 Å². The van der Waals surface area contributed by atoms with E-state index in [0.717, 1.165) is 36.0 Å². The number of hydrogen-bond acceptors (Lipinski definition) is 3. The van der Waals surface area contributed by atoms with Gasteiger partial charge in [0.05, 0.1) is 5.56 Å². The summed E-state index contributed by atoms with van der Waals surface area (Å²) in [5, 5.41) is 0.901. The molecule has 0 saturated carbocycles. The highest BCUT2D eigenvalue weighted by molar-refractivity contribution is 5.84. The molecule has 0 bridgehead atoms. The zero-order valence-corrected chi connectivity index (χ0v) is 19.4. The maximum Gasteiger partial charge on any atom is 0.344 e. The fourth-order valence-corrected chi connectivity index (χ4v) is 4.55. The Morgan fingerprint density at radius 3 is 2.10 bits per heavy atom. The summed E-state index contributed by atoms with van der Waals surface area (Å²) in [4.78, 5) is 12.9. The van der Waals surface area contributed by atoms with Gasteiger partial charge in [0.2, 0.25) is 0 Å². The standard InChI is InChI=1S/C27H34O3/c1-8-18-11-10-12-19(9-2)24(18)22-15-20-13-14-21(16-23(20)29-25(22)28)30-27(6,7)17-26(3,4)5/h10-16H,8-9,17H2,1-7H3. The monoisotopic (exact) mass is 406 g/mol. The van der Waals surface area contributed by atoms with Crippen LogP contribution in [0.3, 0.4) is 0 Å². The van der Waals surface area contributed by atoms with Crippen molar-refractivity contribution in [3.05, 3.63) is 64.0 Å². The molecular weight excluding hydrogens is 372 g/mol. The van der Waals surface area contributed by atoms with Crippen molar-refractivity contribution in [2.75, 3.05) is 0 Å². The Bertz CT molecular complexity index is 1080. The van der Waals surface area contributed by atoms with Crippen molar-refractivity contribution in [3.63, 3.8) is 0 Å².